The maximum atomic E-state index is 11.0. The van der Waals surface area contributed by atoms with E-state index < -0.39 is 0 Å². The number of aromatic hydroxyl groups is 1. The molecule has 0 aliphatic carbocycles. The molecule has 0 aliphatic heterocycles. The van der Waals surface area contributed by atoms with Gasteiger partial charge in [0.15, 0.2) is 5.88 Å². The smallest absolute Gasteiger partial charge is 0.197 e. The molecule has 6 aromatic rings. The number of H-pyrrole nitrogens is 1. The summed E-state index contributed by atoms with van der Waals surface area (Å²) in [5.74, 6) is 0.153. The highest BCUT2D eigenvalue weighted by atomic mass is 32.1. The van der Waals surface area contributed by atoms with E-state index in [9.17, 15) is 5.11 Å². The van der Waals surface area contributed by atoms with Crippen LogP contribution in [0.3, 0.4) is 0 Å². The fourth-order valence-electron chi connectivity index (χ4n) is 4.87. The molecule has 0 aliphatic rings. The predicted octanol–water partition coefficient (Wildman–Crippen LogP) is 6.36. The summed E-state index contributed by atoms with van der Waals surface area (Å²) in [6.07, 6.45) is 5.01. The lowest BCUT2D eigenvalue weighted by atomic mass is 10.00. The molecule has 2 aromatic carbocycles. The molecule has 4 aromatic heterocycles. The van der Waals surface area contributed by atoms with Crippen LogP contribution in [0.5, 0.6) is 5.88 Å². The molecule has 0 radical (unpaired) electrons. The van der Waals surface area contributed by atoms with Crippen LogP contribution >= 0.6 is 11.3 Å². The maximum Gasteiger partial charge on any atom is 0.197 e. The highest BCUT2D eigenvalue weighted by Gasteiger charge is 2.23. The number of benzene rings is 2. The zero-order valence-corrected chi connectivity index (χ0v) is 20.6. The monoisotopic (exact) mass is 481 g/mol. The van der Waals surface area contributed by atoms with E-state index in [1.165, 1.54) is 0 Å². The van der Waals surface area contributed by atoms with E-state index in [4.69, 9.17) is 5.10 Å². The fourth-order valence-corrected chi connectivity index (χ4v) is 5.59. The standard InChI is InChI=1S/C28H27N5OS/c1-31(2)14-8-15-33-24-12-6-4-10-20(24)27(30-33)21-17-29-28(34)26(21)22-18-32(25-13-7-16-35-25)23-11-5-3-9-19(22)23/h3-7,9-13,16-18,29,34H,8,14-15H2,1-2H3. The van der Waals surface area contributed by atoms with Crippen molar-refractivity contribution in [2.24, 2.45) is 0 Å². The number of rotatable bonds is 7. The Morgan fingerprint density at radius 2 is 1.71 bits per heavy atom. The van der Waals surface area contributed by atoms with Crippen LogP contribution in [0.15, 0.2) is 78.4 Å². The molecule has 0 amide bonds. The summed E-state index contributed by atoms with van der Waals surface area (Å²) in [5.41, 5.74) is 5.75. The average Bonchev–Trinajstić information content (AvgIpc) is 3.64. The van der Waals surface area contributed by atoms with Gasteiger partial charge < -0.3 is 19.6 Å². The fraction of sp³-hybridized carbons (Fsp3) is 0.179. The summed E-state index contributed by atoms with van der Waals surface area (Å²) in [6.45, 7) is 1.84. The van der Waals surface area contributed by atoms with Gasteiger partial charge in [-0.3, -0.25) is 4.68 Å². The Morgan fingerprint density at radius 3 is 2.49 bits per heavy atom. The second-order valence-electron chi connectivity index (χ2n) is 9.05. The Morgan fingerprint density at radius 1 is 0.943 bits per heavy atom. The second-order valence-corrected chi connectivity index (χ2v) is 9.98. The first-order chi connectivity index (χ1) is 17.1. The Labute approximate surface area is 207 Å². The Balaban J connectivity index is 1.53. The number of aryl methyl sites for hydroxylation is 1. The van der Waals surface area contributed by atoms with Crippen molar-refractivity contribution in [2.75, 3.05) is 20.6 Å². The first-order valence-corrected chi connectivity index (χ1v) is 12.6. The highest BCUT2D eigenvalue weighted by Crippen LogP contribution is 2.44. The predicted molar refractivity (Wildman–Crippen MR) is 145 cm³/mol. The van der Waals surface area contributed by atoms with Gasteiger partial charge in [0.1, 0.15) is 5.69 Å². The molecule has 2 N–H and O–H groups in total. The molecule has 4 heterocycles. The Bertz CT molecular complexity index is 1620. The molecular weight excluding hydrogens is 454 g/mol. The number of hydrogen-bond donors (Lipinski definition) is 2. The van der Waals surface area contributed by atoms with Gasteiger partial charge in [0.25, 0.3) is 0 Å². The van der Waals surface area contributed by atoms with Crippen molar-refractivity contribution in [3.63, 3.8) is 0 Å². The summed E-state index contributed by atoms with van der Waals surface area (Å²) in [6, 6.07) is 20.8. The minimum Gasteiger partial charge on any atom is -0.494 e. The van der Waals surface area contributed by atoms with E-state index >= 15 is 0 Å². The van der Waals surface area contributed by atoms with Crippen LogP contribution in [0.25, 0.3) is 49.2 Å². The first-order valence-electron chi connectivity index (χ1n) is 11.8. The van der Waals surface area contributed by atoms with Crippen LogP contribution in [0.2, 0.25) is 0 Å². The third kappa shape index (κ3) is 3.73. The van der Waals surface area contributed by atoms with Crippen molar-refractivity contribution >= 4 is 33.1 Å². The number of nitrogens with zero attached hydrogens (tertiary/aromatic N) is 4. The molecule has 176 valence electrons. The van der Waals surface area contributed by atoms with Gasteiger partial charge in [-0.25, -0.2) is 0 Å². The van der Waals surface area contributed by atoms with Crippen LogP contribution in [-0.2, 0) is 6.54 Å². The number of aromatic nitrogens is 4. The van der Waals surface area contributed by atoms with E-state index in [0.717, 1.165) is 68.7 Å². The van der Waals surface area contributed by atoms with Crippen LogP contribution in [-0.4, -0.2) is 50.0 Å². The topological polar surface area (TPSA) is 62.0 Å². The van der Waals surface area contributed by atoms with Crippen molar-refractivity contribution in [3.8, 4) is 33.3 Å². The number of nitrogens with one attached hydrogen (secondary N) is 1. The van der Waals surface area contributed by atoms with Gasteiger partial charge in [-0.1, -0.05) is 36.4 Å². The number of thiophene rings is 1. The van der Waals surface area contributed by atoms with Gasteiger partial charge in [0.05, 0.1) is 21.6 Å². The van der Waals surface area contributed by atoms with Crippen molar-refractivity contribution in [1.29, 1.82) is 0 Å². The summed E-state index contributed by atoms with van der Waals surface area (Å²) >= 11 is 1.69. The molecule has 0 saturated heterocycles. The van der Waals surface area contributed by atoms with E-state index in [1.807, 2.05) is 18.3 Å². The van der Waals surface area contributed by atoms with Crippen LogP contribution in [0, 0.1) is 0 Å². The quantitative estimate of drug-likeness (QED) is 0.279. The Hall–Kier alpha value is -3.81. The van der Waals surface area contributed by atoms with Gasteiger partial charge >= 0.3 is 0 Å². The first kappa shape index (κ1) is 21.7. The zero-order chi connectivity index (χ0) is 23.9. The van der Waals surface area contributed by atoms with Crippen molar-refractivity contribution in [1.82, 2.24) is 24.2 Å². The minimum absolute atomic E-state index is 0.153. The van der Waals surface area contributed by atoms with Crippen molar-refractivity contribution in [3.05, 3.63) is 78.4 Å². The molecule has 0 spiro atoms. The third-order valence-corrected chi connectivity index (χ3v) is 7.34. The lowest BCUT2D eigenvalue weighted by Gasteiger charge is -2.09. The minimum atomic E-state index is 0.153. The van der Waals surface area contributed by atoms with Crippen LogP contribution in [0.4, 0.5) is 0 Å². The van der Waals surface area contributed by atoms with E-state index in [1.54, 1.807) is 11.3 Å². The number of para-hydroxylation sites is 2. The molecule has 7 heteroatoms. The van der Waals surface area contributed by atoms with Gasteiger partial charge in [-0.15, -0.1) is 11.3 Å². The Kier molecular flexibility index (Phi) is 5.43. The molecule has 6 rings (SSSR count). The molecule has 0 saturated carbocycles. The summed E-state index contributed by atoms with van der Waals surface area (Å²) in [7, 11) is 4.18. The molecule has 0 bridgehead atoms. The molecule has 6 nitrogen and oxygen atoms in total. The third-order valence-electron chi connectivity index (χ3n) is 6.47. The lowest BCUT2D eigenvalue weighted by Crippen LogP contribution is -2.15. The molecule has 0 fully saturated rings. The van der Waals surface area contributed by atoms with Crippen LogP contribution in [0.1, 0.15) is 6.42 Å². The number of hydrogen-bond acceptors (Lipinski definition) is 4. The van der Waals surface area contributed by atoms with Gasteiger partial charge in [-0.05, 0) is 56.7 Å². The van der Waals surface area contributed by atoms with Gasteiger partial charge in [-0.2, -0.15) is 5.10 Å². The molecule has 35 heavy (non-hydrogen) atoms. The summed E-state index contributed by atoms with van der Waals surface area (Å²) < 4.78 is 4.29. The van der Waals surface area contributed by atoms with E-state index in [0.29, 0.717) is 0 Å². The highest BCUT2D eigenvalue weighted by molar-refractivity contribution is 7.12. The normalized spacial score (nSPS) is 11.9. The van der Waals surface area contributed by atoms with Crippen molar-refractivity contribution in [2.45, 2.75) is 13.0 Å². The lowest BCUT2D eigenvalue weighted by molar-refractivity contribution is 0.383. The van der Waals surface area contributed by atoms with Gasteiger partial charge in [0.2, 0.25) is 0 Å². The summed E-state index contributed by atoms with van der Waals surface area (Å²) in [4.78, 5) is 5.26. The molecule has 0 atom stereocenters. The second kappa shape index (κ2) is 8.76. The number of fused-ring (bicyclic) bond motifs is 2. The van der Waals surface area contributed by atoms with Crippen LogP contribution < -0.4 is 0 Å². The summed E-state index contributed by atoms with van der Waals surface area (Å²) in [5, 5.41) is 21.5. The molecule has 0 unspecified atom stereocenters. The molecular formula is C28H27N5OS. The van der Waals surface area contributed by atoms with E-state index in [-0.39, 0.29) is 5.88 Å². The number of aromatic amines is 1. The van der Waals surface area contributed by atoms with Gasteiger partial charge in [0, 0.05) is 40.8 Å². The van der Waals surface area contributed by atoms with Crippen molar-refractivity contribution < 1.29 is 5.11 Å². The zero-order valence-electron chi connectivity index (χ0n) is 19.8. The van der Waals surface area contributed by atoms with E-state index in [2.05, 4.69) is 93.3 Å². The largest absolute Gasteiger partial charge is 0.494 e. The SMILES string of the molecule is CN(C)CCCn1nc(-c2c[nH]c(O)c2-c2cn(-c3cccs3)c3ccccc23)c2ccccc21. The maximum absolute atomic E-state index is 11.0. The average molecular weight is 482 g/mol.